The zero-order valence-corrected chi connectivity index (χ0v) is 11.7. The van der Waals surface area contributed by atoms with Crippen LogP contribution in [-0.4, -0.2) is 36.9 Å². The van der Waals surface area contributed by atoms with Crippen molar-refractivity contribution in [2.75, 3.05) is 20.2 Å². The normalized spacial score (nSPS) is 10.6. The quantitative estimate of drug-likeness (QED) is 0.678. The third kappa shape index (κ3) is 5.93. The summed E-state index contributed by atoms with van der Waals surface area (Å²) in [5.41, 5.74) is 0. The fourth-order valence-corrected chi connectivity index (χ4v) is 2.36. The summed E-state index contributed by atoms with van der Waals surface area (Å²) in [6.45, 7) is 3.26. The maximum Gasteiger partial charge on any atom is 0.306 e. The highest BCUT2D eigenvalue weighted by Crippen LogP contribution is 2.10. The third-order valence-electron chi connectivity index (χ3n) is 2.37. The van der Waals surface area contributed by atoms with Gasteiger partial charge in [-0.3, -0.25) is 14.5 Å². The Hall–Kier alpha value is -1.20. The number of esters is 1. The Morgan fingerprint density at radius 1 is 1.39 bits per heavy atom. The number of ether oxygens (including phenoxy) is 1. The first-order chi connectivity index (χ1) is 8.61. The maximum atomic E-state index is 11.6. The molecule has 0 N–H and O–H groups in total. The lowest BCUT2D eigenvalue weighted by Gasteiger charge is -2.14. The number of likely N-dealkylation sites (N-methyl/N-ethyl adjacent to an activating group) is 1. The summed E-state index contributed by atoms with van der Waals surface area (Å²) < 4.78 is 4.78. The molecule has 0 aliphatic rings. The Morgan fingerprint density at radius 3 is 2.78 bits per heavy atom. The average molecular weight is 269 g/mol. The molecular formula is C13H19NO3S. The Balaban J connectivity index is 2.21. The Kier molecular flexibility index (Phi) is 6.60. The standard InChI is InChI=1S/C13H19NO3S/c1-3-17-13(16)7-6-11(15)9-14(2)10-12-5-4-8-18-12/h4-5,8H,3,6-7,9-10H2,1-2H3. The first kappa shape index (κ1) is 14.9. The van der Waals surface area contributed by atoms with Crippen molar-refractivity contribution in [2.45, 2.75) is 26.3 Å². The summed E-state index contributed by atoms with van der Waals surface area (Å²) in [6.07, 6.45) is 0.438. The van der Waals surface area contributed by atoms with Crippen molar-refractivity contribution in [2.24, 2.45) is 0 Å². The highest BCUT2D eigenvalue weighted by molar-refractivity contribution is 7.09. The molecule has 18 heavy (non-hydrogen) atoms. The van der Waals surface area contributed by atoms with Crippen LogP contribution >= 0.6 is 11.3 Å². The molecule has 1 rings (SSSR count). The predicted molar refractivity (Wildman–Crippen MR) is 71.5 cm³/mol. The zero-order valence-electron chi connectivity index (χ0n) is 10.8. The van der Waals surface area contributed by atoms with Gasteiger partial charge in [0.25, 0.3) is 0 Å². The highest BCUT2D eigenvalue weighted by atomic mass is 32.1. The van der Waals surface area contributed by atoms with Crippen LogP contribution in [0.1, 0.15) is 24.6 Å². The van der Waals surface area contributed by atoms with Gasteiger partial charge in [0, 0.05) is 17.8 Å². The number of hydrogen-bond donors (Lipinski definition) is 0. The van der Waals surface area contributed by atoms with E-state index in [0.29, 0.717) is 13.2 Å². The number of Topliss-reactive ketones (excluding diaryl/α,β-unsaturated/α-hetero) is 1. The molecule has 0 aliphatic carbocycles. The molecule has 0 saturated carbocycles. The smallest absolute Gasteiger partial charge is 0.306 e. The molecule has 0 bridgehead atoms. The number of hydrogen-bond acceptors (Lipinski definition) is 5. The van der Waals surface area contributed by atoms with Crippen LogP contribution in [0.4, 0.5) is 0 Å². The summed E-state index contributed by atoms with van der Waals surface area (Å²) in [5, 5.41) is 2.02. The van der Waals surface area contributed by atoms with Crippen LogP contribution in [-0.2, 0) is 20.9 Å². The second-order valence-electron chi connectivity index (χ2n) is 4.10. The monoisotopic (exact) mass is 269 g/mol. The van der Waals surface area contributed by atoms with E-state index in [9.17, 15) is 9.59 Å². The van der Waals surface area contributed by atoms with Gasteiger partial charge in [0.05, 0.1) is 19.6 Å². The van der Waals surface area contributed by atoms with Crippen molar-refractivity contribution < 1.29 is 14.3 Å². The molecule has 1 aromatic heterocycles. The number of thiophene rings is 1. The van der Waals surface area contributed by atoms with Crippen LogP contribution in [0, 0.1) is 0 Å². The molecule has 1 heterocycles. The molecule has 0 amide bonds. The van der Waals surface area contributed by atoms with Crippen molar-refractivity contribution in [3.05, 3.63) is 22.4 Å². The molecule has 0 aliphatic heterocycles. The summed E-state index contributed by atoms with van der Waals surface area (Å²) in [5.74, 6) is -0.228. The lowest BCUT2D eigenvalue weighted by molar-refractivity contribution is -0.144. The number of carbonyl (C=O) groups excluding carboxylic acids is 2. The molecule has 0 saturated heterocycles. The molecule has 0 unspecified atom stereocenters. The van der Waals surface area contributed by atoms with Gasteiger partial charge in [-0.05, 0) is 25.4 Å². The molecule has 1 aromatic rings. The van der Waals surface area contributed by atoms with Crippen LogP contribution < -0.4 is 0 Å². The first-order valence-corrected chi connectivity index (χ1v) is 6.88. The van der Waals surface area contributed by atoms with E-state index in [4.69, 9.17) is 4.74 Å². The van der Waals surface area contributed by atoms with Crippen LogP contribution in [0.5, 0.6) is 0 Å². The van der Waals surface area contributed by atoms with Crippen molar-refractivity contribution in [3.63, 3.8) is 0 Å². The lowest BCUT2D eigenvalue weighted by atomic mass is 10.2. The van der Waals surface area contributed by atoms with E-state index >= 15 is 0 Å². The van der Waals surface area contributed by atoms with E-state index in [0.717, 1.165) is 6.54 Å². The van der Waals surface area contributed by atoms with E-state index in [1.165, 1.54) is 4.88 Å². The van der Waals surface area contributed by atoms with E-state index in [1.807, 2.05) is 29.5 Å². The van der Waals surface area contributed by atoms with E-state index < -0.39 is 0 Å². The SMILES string of the molecule is CCOC(=O)CCC(=O)CN(C)Cc1cccs1. The number of rotatable bonds is 8. The van der Waals surface area contributed by atoms with E-state index in [2.05, 4.69) is 0 Å². The summed E-state index contributed by atoms with van der Waals surface area (Å²) in [7, 11) is 1.90. The van der Waals surface area contributed by atoms with Crippen molar-refractivity contribution >= 4 is 23.1 Å². The number of nitrogens with zero attached hydrogens (tertiary/aromatic N) is 1. The molecule has 4 nitrogen and oxygen atoms in total. The number of carbonyl (C=O) groups is 2. The fraction of sp³-hybridized carbons (Fsp3) is 0.538. The minimum absolute atomic E-state index is 0.0714. The van der Waals surface area contributed by atoms with Crippen LogP contribution in [0.2, 0.25) is 0 Å². The van der Waals surface area contributed by atoms with Crippen molar-refractivity contribution in [3.8, 4) is 0 Å². The zero-order chi connectivity index (χ0) is 13.4. The molecular weight excluding hydrogens is 250 g/mol. The van der Waals surface area contributed by atoms with Crippen LogP contribution in [0.25, 0.3) is 0 Å². The van der Waals surface area contributed by atoms with Gasteiger partial charge in [-0.1, -0.05) is 6.07 Å². The Labute approximate surface area is 112 Å². The topological polar surface area (TPSA) is 46.6 Å². The van der Waals surface area contributed by atoms with Crippen LogP contribution in [0.3, 0.4) is 0 Å². The summed E-state index contributed by atoms with van der Waals surface area (Å²) >= 11 is 1.68. The van der Waals surface area contributed by atoms with Gasteiger partial charge in [0.2, 0.25) is 0 Å². The van der Waals surface area contributed by atoms with Crippen molar-refractivity contribution in [1.82, 2.24) is 4.90 Å². The Morgan fingerprint density at radius 2 is 2.17 bits per heavy atom. The average Bonchev–Trinajstić information content (AvgIpc) is 2.79. The van der Waals surface area contributed by atoms with Crippen molar-refractivity contribution in [1.29, 1.82) is 0 Å². The summed E-state index contributed by atoms with van der Waals surface area (Å²) in [6, 6.07) is 4.04. The molecule has 0 aromatic carbocycles. The molecule has 5 heteroatoms. The lowest BCUT2D eigenvalue weighted by Crippen LogP contribution is -2.25. The van der Waals surface area contributed by atoms with Gasteiger partial charge in [-0.2, -0.15) is 0 Å². The van der Waals surface area contributed by atoms with E-state index in [1.54, 1.807) is 18.3 Å². The van der Waals surface area contributed by atoms with Gasteiger partial charge in [-0.15, -0.1) is 11.3 Å². The van der Waals surface area contributed by atoms with Gasteiger partial charge in [-0.25, -0.2) is 0 Å². The molecule has 0 atom stereocenters. The minimum Gasteiger partial charge on any atom is -0.466 e. The molecule has 0 radical (unpaired) electrons. The van der Waals surface area contributed by atoms with Gasteiger partial charge >= 0.3 is 5.97 Å². The van der Waals surface area contributed by atoms with Crippen LogP contribution in [0.15, 0.2) is 17.5 Å². The minimum atomic E-state index is -0.299. The largest absolute Gasteiger partial charge is 0.466 e. The summed E-state index contributed by atoms with van der Waals surface area (Å²) in [4.78, 5) is 25.9. The fourth-order valence-electron chi connectivity index (χ4n) is 1.58. The predicted octanol–water partition coefficient (Wildman–Crippen LogP) is 2.09. The second kappa shape index (κ2) is 8.00. The molecule has 0 spiro atoms. The molecule has 0 fully saturated rings. The second-order valence-corrected chi connectivity index (χ2v) is 5.13. The van der Waals surface area contributed by atoms with Gasteiger partial charge < -0.3 is 4.74 Å². The third-order valence-corrected chi connectivity index (χ3v) is 3.23. The molecule has 100 valence electrons. The number of ketones is 1. The van der Waals surface area contributed by atoms with Gasteiger partial charge in [0.1, 0.15) is 5.78 Å². The highest BCUT2D eigenvalue weighted by Gasteiger charge is 2.10. The van der Waals surface area contributed by atoms with E-state index in [-0.39, 0.29) is 24.6 Å². The maximum absolute atomic E-state index is 11.6. The Bertz CT molecular complexity index is 376. The first-order valence-electron chi connectivity index (χ1n) is 6.00. The van der Waals surface area contributed by atoms with Gasteiger partial charge in [0.15, 0.2) is 0 Å².